The van der Waals surface area contributed by atoms with E-state index in [1.165, 1.54) is 22.2 Å². The van der Waals surface area contributed by atoms with Gasteiger partial charge in [-0.1, -0.05) is 5.21 Å². The molecule has 8 nitrogen and oxygen atoms in total. The fraction of sp³-hybridized carbons (Fsp3) is 0.364. The number of likely N-dealkylation sites (tertiary alicyclic amines) is 1. The van der Waals surface area contributed by atoms with Gasteiger partial charge in [0.15, 0.2) is 5.69 Å². The van der Waals surface area contributed by atoms with Crippen molar-refractivity contribution in [1.82, 2.24) is 24.9 Å². The first kappa shape index (κ1) is 12.7. The van der Waals surface area contributed by atoms with Gasteiger partial charge in [-0.25, -0.2) is 14.5 Å². The first-order valence-corrected chi connectivity index (χ1v) is 6.79. The van der Waals surface area contributed by atoms with E-state index in [1.807, 2.05) is 6.92 Å². The third kappa shape index (κ3) is 2.16. The van der Waals surface area contributed by atoms with Gasteiger partial charge in [-0.3, -0.25) is 4.79 Å². The molecule has 0 radical (unpaired) electrons. The van der Waals surface area contributed by atoms with E-state index in [4.69, 9.17) is 5.11 Å². The van der Waals surface area contributed by atoms with E-state index in [9.17, 15) is 9.59 Å². The second-order valence-corrected chi connectivity index (χ2v) is 5.57. The lowest BCUT2D eigenvalue weighted by Crippen LogP contribution is -2.51. The molecule has 0 atom stereocenters. The minimum absolute atomic E-state index is 0.0284. The van der Waals surface area contributed by atoms with E-state index in [-0.39, 0.29) is 17.6 Å². The summed E-state index contributed by atoms with van der Waals surface area (Å²) >= 11 is 1.44. The Balaban J connectivity index is 1.63. The average molecular weight is 293 g/mol. The van der Waals surface area contributed by atoms with Crippen molar-refractivity contribution >= 4 is 23.2 Å². The van der Waals surface area contributed by atoms with E-state index in [1.54, 1.807) is 10.3 Å². The summed E-state index contributed by atoms with van der Waals surface area (Å²) in [6, 6.07) is -0.0284. The van der Waals surface area contributed by atoms with E-state index in [2.05, 4.69) is 15.3 Å². The zero-order valence-electron chi connectivity index (χ0n) is 10.6. The Kier molecular flexibility index (Phi) is 2.97. The maximum atomic E-state index is 12.1. The summed E-state index contributed by atoms with van der Waals surface area (Å²) in [6.07, 6.45) is 1.38. The topological polar surface area (TPSA) is 101 Å². The maximum absolute atomic E-state index is 12.1. The summed E-state index contributed by atoms with van der Waals surface area (Å²) in [7, 11) is 0. The minimum atomic E-state index is -1.11. The second-order valence-electron chi connectivity index (χ2n) is 4.50. The smallest absolute Gasteiger partial charge is 0.358 e. The number of carboxylic acid groups (broad SMARTS) is 1. The lowest BCUT2D eigenvalue weighted by molar-refractivity contribution is 0.0492. The molecule has 9 heteroatoms. The largest absolute Gasteiger partial charge is 0.476 e. The molecule has 0 saturated carbocycles. The number of nitrogens with zero attached hydrogens (tertiary/aromatic N) is 5. The van der Waals surface area contributed by atoms with Crippen molar-refractivity contribution in [2.75, 3.05) is 13.1 Å². The van der Waals surface area contributed by atoms with Crippen LogP contribution in [0, 0.1) is 6.92 Å². The predicted molar refractivity (Wildman–Crippen MR) is 68.8 cm³/mol. The van der Waals surface area contributed by atoms with Crippen LogP contribution < -0.4 is 0 Å². The van der Waals surface area contributed by atoms with Crippen LogP contribution in [-0.2, 0) is 0 Å². The highest BCUT2D eigenvalue weighted by Crippen LogP contribution is 2.23. The molecule has 3 rings (SSSR count). The SMILES string of the molecule is Cc1nc(C(=O)N2CC(n3cc(C(=O)O)nn3)C2)cs1. The molecule has 1 saturated heterocycles. The molecule has 3 heterocycles. The molecule has 0 aliphatic carbocycles. The van der Waals surface area contributed by atoms with Crippen molar-refractivity contribution < 1.29 is 14.7 Å². The lowest BCUT2D eigenvalue weighted by atomic mass is 10.1. The third-order valence-electron chi connectivity index (χ3n) is 3.09. The molecule has 20 heavy (non-hydrogen) atoms. The normalized spacial score (nSPS) is 15.2. The van der Waals surface area contributed by atoms with Gasteiger partial charge in [0, 0.05) is 18.5 Å². The number of carbonyl (C=O) groups is 2. The van der Waals surface area contributed by atoms with Crippen LogP contribution in [0.25, 0.3) is 0 Å². The molecule has 104 valence electrons. The number of aromatic carboxylic acids is 1. The summed E-state index contributed by atoms with van der Waals surface area (Å²) in [5.41, 5.74) is 0.362. The number of hydrogen-bond acceptors (Lipinski definition) is 6. The Morgan fingerprint density at radius 1 is 1.40 bits per heavy atom. The van der Waals surface area contributed by atoms with Crippen molar-refractivity contribution in [3.8, 4) is 0 Å². The number of rotatable bonds is 3. The van der Waals surface area contributed by atoms with Gasteiger partial charge < -0.3 is 10.0 Å². The monoisotopic (exact) mass is 293 g/mol. The molecule has 0 spiro atoms. The summed E-state index contributed by atoms with van der Waals surface area (Å²) < 4.78 is 1.49. The number of hydrogen-bond donors (Lipinski definition) is 1. The lowest BCUT2D eigenvalue weighted by Gasteiger charge is -2.38. The van der Waals surface area contributed by atoms with Crippen LogP contribution in [0.5, 0.6) is 0 Å². The van der Waals surface area contributed by atoms with Crippen LogP contribution in [-0.4, -0.2) is 55.0 Å². The van der Waals surface area contributed by atoms with Crippen LogP contribution in [0.3, 0.4) is 0 Å². The quantitative estimate of drug-likeness (QED) is 0.881. The molecule has 1 aliphatic heterocycles. The van der Waals surface area contributed by atoms with Gasteiger partial charge in [0.05, 0.1) is 17.2 Å². The van der Waals surface area contributed by atoms with Crippen molar-refractivity contribution in [2.24, 2.45) is 0 Å². The highest BCUT2D eigenvalue weighted by Gasteiger charge is 2.34. The number of aromatic nitrogens is 4. The summed E-state index contributed by atoms with van der Waals surface area (Å²) in [5, 5.41) is 18.7. The van der Waals surface area contributed by atoms with Crippen LogP contribution >= 0.6 is 11.3 Å². The van der Waals surface area contributed by atoms with Crippen molar-refractivity contribution in [3.05, 3.63) is 28.0 Å². The van der Waals surface area contributed by atoms with Crippen LogP contribution in [0.15, 0.2) is 11.6 Å². The Bertz CT molecular complexity index is 673. The van der Waals surface area contributed by atoms with Gasteiger partial charge >= 0.3 is 5.97 Å². The van der Waals surface area contributed by atoms with Crippen molar-refractivity contribution in [1.29, 1.82) is 0 Å². The highest BCUT2D eigenvalue weighted by atomic mass is 32.1. The van der Waals surface area contributed by atoms with E-state index in [0.29, 0.717) is 18.8 Å². The summed E-state index contributed by atoms with van der Waals surface area (Å²) in [5.74, 6) is -1.22. The average Bonchev–Trinajstić information content (AvgIpc) is 2.96. The first-order valence-electron chi connectivity index (χ1n) is 5.91. The number of thiazole rings is 1. The van der Waals surface area contributed by atoms with Gasteiger partial charge in [-0.05, 0) is 6.92 Å². The van der Waals surface area contributed by atoms with Crippen molar-refractivity contribution in [2.45, 2.75) is 13.0 Å². The molecular weight excluding hydrogens is 282 g/mol. The molecular formula is C11H11N5O3S. The zero-order chi connectivity index (χ0) is 14.3. The first-order chi connectivity index (χ1) is 9.54. The van der Waals surface area contributed by atoms with Crippen molar-refractivity contribution in [3.63, 3.8) is 0 Å². The van der Waals surface area contributed by atoms with Crippen LogP contribution in [0.1, 0.15) is 32.0 Å². The standard InChI is InChI=1S/C11H11N5O3S/c1-6-12-9(5-20-6)10(17)15-2-7(3-15)16-4-8(11(18)19)13-14-16/h4-5,7H,2-3H2,1H3,(H,18,19). The highest BCUT2D eigenvalue weighted by molar-refractivity contribution is 7.09. The van der Waals surface area contributed by atoms with Gasteiger partial charge in [0.25, 0.3) is 5.91 Å². The number of aryl methyl sites for hydroxylation is 1. The summed E-state index contributed by atoms with van der Waals surface area (Å²) in [6.45, 7) is 2.82. The molecule has 2 aromatic rings. The second kappa shape index (κ2) is 4.67. The molecule has 2 aromatic heterocycles. The van der Waals surface area contributed by atoms with Gasteiger partial charge in [0.2, 0.25) is 0 Å². The number of carbonyl (C=O) groups excluding carboxylic acids is 1. The minimum Gasteiger partial charge on any atom is -0.476 e. The third-order valence-corrected chi connectivity index (χ3v) is 3.86. The zero-order valence-corrected chi connectivity index (χ0v) is 11.4. The van der Waals surface area contributed by atoms with Crippen LogP contribution in [0.4, 0.5) is 0 Å². The fourth-order valence-electron chi connectivity index (χ4n) is 1.97. The molecule has 1 N–H and O–H groups in total. The molecule has 0 aromatic carbocycles. The predicted octanol–water partition coefficient (Wildman–Crippen LogP) is 0.438. The molecule has 1 fully saturated rings. The fourth-order valence-corrected chi connectivity index (χ4v) is 2.55. The number of carboxylic acids is 1. The van der Waals surface area contributed by atoms with Gasteiger partial charge in [0.1, 0.15) is 5.69 Å². The Hall–Kier alpha value is -2.29. The Morgan fingerprint density at radius 3 is 2.70 bits per heavy atom. The van der Waals surface area contributed by atoms with Gasteiger partial charge in [-0.15, -0.1) is 16.4 Å². The van der Waals surface area contributed by atoms with E-state index < -0.39 is 5.97 Å². The van der Waals surface area contributed by atoms with E-state index >= 15 is 0 Å². The summed E-state index contributed by atoms with van der Waals surface area (Å²) in [4.78, 5) is 28.6. The molecule has 1 aliphatic rings. The Morgan fingerprint density at radius 2 is 2.15 bits per heavy atom. The molecule has 1 amide bonds. The molecule has 0 unspecified atom stereocenters. The van der Waals surface area contributed by atoms with Crippen LogP contribution in [0.2, 0.25) is 0 Å². The molecule has 0 bridgehead atoms. The Labute approximate surface area is 117 Å². The maximum Gasteiger partial charge on any atom is 0.358 e. The number of amides is 1. The van der Waals surface area contributed by atoms with E-state index in [0.717, 1.165) is 5.01 Å². The van der Waals surface area contributed by atoms with Gasteiger partial charge in [-0.2, -0.15) is 0 Å².